The first kappa shape index (κ1) is 13.3. The van der Waals surface area contributed by atoms with Crippen molar-refractivity contribution in [2.24, 2.45) is 0 Å². The highest BCUT2D eigenvalue weighted by atomic mass is 16.5. The van der Waals surface area contributed by atoms with Gasteiger partial charge in [-0.3, -0.25) is 0 Å². The van der Waals surface area contributed by atoms with Gasteiger partial charge in [-0.1, -0.05) is 11.2 Å². The van der Waals surface area contributed by atoms with Crippen LogP contribution in [0.2, 0.25) is 0 Å². The molecule has 0 radical (unpaired) electrons. The molecule has 0 aliphatic rings. The van der Waals surface area contributed by atoms with E-state index in [1.54, 1.807) is 13.2 Å². The van der Waals surface area contributed by atoms with Crippen LogP contribution < -0.4 is 15.2 Å². The molecular weight excluding hydrogens is 268 g/mol. The fourth-order valence-electron chi connectivity index (χ4n) is 2.22. The highest BCUT2D eigenvalue weighted by Gasteiger charge is 2.06. The quantitative estimate of drug-likeness (QED) is 0.796. The van der Waals surface area contributed by atoms with Crippen LogP contribution in [-0.2, 0) is 6.61 Å². The number of nitrogens with zero attached hydrogens (tertiary/aromatic N) is 1. The van der Waals surface area contributed by atoms with Gasteiger partial charge in [0.15, 0.2) is 11.4 Å². The van der Waals surface area contributed by atoms with Crippen molar-refractivity contribution < 1.29 is 14.0 Å². The molecule has 3 rings (SSSR count). The molecule has 0 unspecified atom stereocenters. The van der Waals surface area contributed by atoms with Crippen molar-refractivity contribution >= 4 is 16.8 Å². The first-order chi connectivity index (χ1) is 10.2. The molecule has 0 saturated carbocycles. The van der Waals surface area contributed by atoms with Crippen molar-refractivity contribution in [2.45, 2.75) is 13.5 Å². The number of fused-ring (bicyclic) bond motifs is 1. The van der Waals surface area contributed by atoms with Crippen LogP contribution in [0.15, 0.2) is 40.9 Å². The Labute approximate surface area is 122 Å². The average Bonchev–Trinajstić information content (AvgIpc) is 2.86. The van der Waals surface area contributed by atoms with Gasteiger partial charge in [0.05, 0.1) is 12.5 Å². The van der Waals surface area contributed by atoms with E-state index in [0.717, 1.165) is 22.3 Å². The van der Waals surface area contributed by atoms with Gasteiger partial charge in [-0.2, -0.15) is 0 Å². The summed E-state index contributed by atoms with van der Waals surface area (Å²) in [5.74, 6) is 1.98. The van der Waals surface area contributed by atoms with E-state index in [2.05, 4.69) is 5.16 Å². The summed E-state index contributed by atoms with van der Waals surface area (Å²) in [6.07, 6.45) is 0. The topological polar surface area (TPSA) is 70.5 Å². The molecule has 5 heteroatoms. The number of benzene rings is 2. The van der Waals surface area contributed by atoms with Crippen LogP contribution in [0.3, 0.4) is 0 Å². The summed E-state index contributed by atoms with van der Waals surface area (Å²) in [6, 6.07) is 11.5. The van der Waals surface area contributed by atoms with E-state index in [1.807, 2.05) is 37.3 Å². The maximum absolute atomic E-state index is 5.77. The fourth-order valence-corrected chi connectivity index (χ4v) is 2.22. The second-order valence-corrected chi connectivity index (χ2v) is 4.82. The zero-order valence-corrected chi connectivity index (χ0v) is 11.9. The lowest BCUT2D eigenvalue weighted by Gasteiger charge is -2.09. The van der Waals surface area contributed by atoms with Crippen molar-refractivity contribution in [3.05, 3.63) is 47.5 Å². The van der Waals surface area contributed by atoms with Gasteiger partial charge in [0, 0.05) is 6.07 Å². The predicted octanol–water partition coefficient (Wildman–Crippen LogP) is 3.31. The van der Waals surface area contributed by atoms with E-state index in [4.69, 9.17) is 19.7 Å². The summed E-state index contributed by atoms with van der Waals surface area (Å²) in [5, 5.41) is 4.51. The van der Waals surface area contributed by atoms with Crippen molar-refractivity contribution in [1.29, 1.82) is 0 Å². The summed E-state index contributed by atoms with van der Waals surface area (Å²) in [7, 11) is 1.66. The van der Waals surface area contributed by atoms with Gasteiger partial charge in [0.1, 0.15) is 18.1 Å². The third kappa shape index (κ3) is 2.63. The number of anilines is 1. The van der Waals surface area contributed by atoms with Gasteiger partial charge in [0.2, 0.25) is 0 Å². The number of ether oxygens (including phenoxy) is 2. The molecular formula is C16H16N2O3. The molecule has 2 aromatic carbocycles. The minimum atomic E-state index is 0.391. The monoisotopic (exact) mass is 284 g/mol. The number of nitrogen functional groups attached to an aromatic ring is 1. The average molecular weight is 284 g/mol. The number of aromatic nitrogens is 1. The molecule has 5 nitrogen and oxygen atoms in total. The van der Waals surface area contributed by atoms with Crippen molar-refractivity contribution in [3.63, 3.8) is 0 Å². The standard InChI is InChI=1S/C16H16N2O3/c1-10-7-11(3-6-14(10)19-2)9-20-12-4-5-13-15(8-12)21-18-16(13)17/h3-8H,9H2,1-2H3,(H2,17,18). The Balaban J connectivity index is 1.75. The van der Waals surface area contributed by atoms with Gasteiger partial charge in [-0.05, 0) is 42.3 Å². The lowest BCUT2D eigenvalue weighted by atomic mass is 10.1. The molecule has 2 N–H and O–H groups in total. The Bertz CT molecular complexity index is 780. The molecule has 0 fully saturated rings. The van der Waals surface area contributed by atoms with Gasteiger partial charge in [-0.25, -0.2) is 0 Å². The first-order valence-corrected chi connectivity index (χ1v) is 6.58. The highest BCUT2D eigenvalue weighted by molar-refractivity contribution is 5.87. The highest BCUT2D eigenvalue weighted by Crippen LogP contribution is 2.26. The summed E-state index contributed by atoms with van der Waals surface area (Å²) >= 11 is 0. The number of nitrogens with two attached hydrogens (primary N) is 1. The molecule has 0 bridgehead atoms. The molecule has 1 heterocycles. The van der Waals surface area contributed by atoms with Crippen LogP contribution in [0.4, 0.5) is 5.82 Å². The maximum atomic E-state index is 5.77. The molecule has 0 saturated heterocycles. The zero-order valence-electron chi connectivity index (χ0n) is 11.9. The molecule has 0 spiro atoms. The molecule has 108 valence electrons. The second-order valence-electron chi connectivity index (χ2n) is 4.82. The van der Waals surface area contributed by atoms with Gasteiger partial charge < -0.3 is 19.7 Å². The van der Waals surface area contributed by atoms with E-state index in [-0.39, 0.29) is 0 Å². The number of hydrogen-bond acceptors (Lipinski definition) is 5. The molecule has 0 aliphatic carbocycles. The van der Waals surface area contributed by atoms with Gasteiger partial charge in [0.25, 0.3) is 0 Å². The summed E-state index contributed by atoms with van der Waals surface area (Å²) in [4.78, 5) is 0. The van der Waals surface area contributed by atoms with Crippen LogP contribution in [0.25, 0.3) is 11.0 Å². The molecule has 0 aliphatic heterocycles. The van der Waals surface area contributed by atoms with E-state index in [9.17, 15) is 0 Å². The number of rotatable bonds is 4. The van der Waals surface area contributed by atoms with Gasteiger partial charge in [-0.15, -0.1) is 0 Å². The molecule has 0 amide bonds. The summed E-state index contributed by atoms with van der Waals surface area (Å²) in [6.45, 7) is 2.48. The van der Waals surface area contributed by atoms with Crippen LogP contribution in [0, 0.1) is 6.92 Å². The number of aryl methyl sites for hydroxylation is 1. The van der Waals surface area contributed by atoms with Crippen LogP contribution in [0.1, 0.15) is 11.1 Å². The Kier molecular flexibility index (Phi) is 3.39. The van der Waals surface area contributed by atoms with Gasteiger partial charge >= 0.3 is 0 Å². The minimum Gasteiger partial charge on any atom is -0.496 e. The Morgan fingerprint density at radius 3 is 2.81 bits per heavy atom. The minimum absolute atomic E-state index is 0.391. The van der Waals surface area contributed by atoms with E-state index in [1.165, 1.54) is 0 Å². The molecule has 0 atom stereocenters. The number of methoxy groups -OCH3 is 1. The third-order valence-electron chi connectivity index (χ3n) is 3.34. The second kappa shape index (κ2) is 5.36. The maximum Gasteiger partial charge on any atom is 0.174 e. The summed E-state index contributed by atoms with van der Waals surface area (Å²) in [5.41, 5.74) is 8.45. The largest absolute Gasteiger partial charge is 0.496 e. The van der Waals surface area contributed by atoms with E-state index >= 15 is 0 Å². The van der Waals surface area contributed by atoms with E-state index < -0.39 is 0 Å². The first-order valence-electron chi connectivity index (χ1n) is 6.58. The molecule has 1 aromatic heterocycles. The molecule has 3 aromatic rings. The van der Waals surface area contributed by atoms with Crippen LogP contribution in [-0.4, -0.2) is 12.3 Å². The van der Waals surface area contributed by atoms with Crippen LogP contribution in [0.5, 0.6) is 11.5 Å². The van der Waals surface area contributed by atoms with Crippen LogP contribution >= 0.6 is 0 Å². The third-order valence-corrected chi connectivity index (χ3v) is 3.34. The van der Waals surface area contributed by atoms with Crippen molar-refractivity contribution in [3.8, 4) is 11.5 Å². The Morgan fingerprint density at radius 1 is 1.19 bits per heavy atom. The smallest absolute Gasteiger partial charge is 0.174 e. The lowest BCUT2D eigenvalue weighted by molar-refractivity contribution is 0.305. The Morgan fingerprint density at radius 2 is 2.05 bits per heavy atom. The fraction of sp³-hybridized carbons (Fsp3) is 0.188. The summed E-state index contributed by atoms with van der Waals surface area (Å²) < 4.78 is 16.1. The SMILES string of the molecule is COc1ccc(COc2ccc3c(N)noc3c2)cc1C. The van der Waals surface area contributed by atoms with Crippen molar-refractivity contribution in [2.75, 3.05) is 12.8 Å². The number of hydrogen-bond donors (Lipinski definition) is 1. The van der Waals surface area contributed by atoms with E-state index in [0.29, 0.717) is 23.8 Å². The Hall–Kier alpha value is -2.69. The normalized spacial score (nSPS) is 10.8. The predicted molar refractivity (Wildman–Crippen MR) is 80.5 cm³/mol. The molecule has 21 heavy (non-hydrogen) atoms. The van der Waals surface area contributed by atoms with Crippen molar-refractivity contribution in [1.82, 2.24) is 5.16 Å². The lowest BCUT2D eigenvalue weighted by Crippen LogP contribution is -1.97. The zero-order chi connectivity index (χ0) is 14.8.